The van der Waals surface area contributed by atoms with Crippen LogP contribution >= 0.6 is 0 Å². The van der Waals surface area contributed by atoms with E-state index in [4.69, 9.17) is 0 Å². The molecule has 2 heteroatoms. The van der Waals surface area contributed by atoms with Crippen molar-refractivity contribution >= 4 is 0 Å². The number of nitrogens with one attached hydrogen (secondary N) is 1. The highest BCUT2D eigenvalue weighted by Gasteiger charge is 2.45. The zero-order valence-electron chi connectivity index (χ0n) is 7.84. The minimum Gasteiger partial charge on any atom is -0.390 e. The molecule has 2 N–H and O–H groups in total. The first-order valence-electron chi connectivity index (χ1n) is 5.14. The van der Waals surface area contributed by atoms with Crippen LogP contribution < -0.4 is 5.32 Å². The normalized spacial score (nSPS) is 36.0. The van der Waals surface area contributed by atoms with Crippen LogP contribution in [0.5, 0.6) is 0 Å². The van der Waals surface area contributed by atoms with E-state index in [-0.39, 0.29) is 5.60 Å². The highest BCUT2D eigenvalue weighted by molar-refractivity contribution is 4.97. The quantitative estimate of drug-likeness (QED) is 0.650. The second-order valence-electron chi connectivity index (χ2n) is 4.54. The summed E-state index contributed by atoms with van der Waals surface area (Å²) >= 11 is 0. The fraction of sp³-hybridized carbons (Fsp3) is 1.00. The van der Waals surface area contributed by atoms with Gasteiger partial charge in [0.05, 0.1) is 5.60 Å². The molecule has 0 spiro atoms. The van der Waals surface area contributed by atoms with E-state index in [0.717, 1.165) is 13.1 Å². The molecule has 0 unspecified atom stereocenters. The van der Waals surface area contributed by atoms with Crippen molar-refractivity contribution in [1.82, 2.24) is 5.32 Å². The summed E-state index contributed by atoms with van der Waals surface area (Å²) < 4.78 is 0. The molecule has 0 radical (unpaired) electrons. The van der Waals surface area contributed by atoms with Crippen LogP contribution in [0.1, 0.15) is 32.6 Å². The van der Waals surface area contributed by atoms with Gasteiger partial charge in [-0.1, -0.05) is 0 Å². The first-order valence-corrected chi connectivity index (χ1v) is 5.14. The van der Waals surface area contributed by atoms with Crippen molar-refractivity contribution in [2.24, 2.45) is 11.8 Å². The monoisotopic (exact) mass is 169 g/mol. The van der Waals surface area contributed by atoms with Gasteiger partial charge in [0.2, 0.25) is 0 Å². The Morgan fingerprint density at radius 2 is 2.00 bits per heavy atom. The molecule has 1 saturated heterocycles. The van der Waals surface area contributed by atoms with E-state index < -0.39 is 0 Å². The average molecular weight is 169 g/mol. The Labute approximate surface area is 74.4 Å². The molecule has 0 amide bonds. The zero-order chi connectivity index (χ0) is 8.60. The SMILES string of the molecule is C[C@](O)(C1CC1)[C@H]1CCCNC1. The molecule has 0 aromatic heterocycles. The number of hydrogen-bond acceptors (Lipinski definition) is 2. The first kappa shape index (κ1) is 8.52. The van der Waals surface area contributed by atoms with Gasteiger partial charge in [-0.25, -0.2) is 0 Å². The molecular formula is C10H19NO. The minimum atomic E-state index is -0.382. The lowest BCUT2D eigenvalue weighted by Crippen LogP contribution is -2.45. The van der Waals surface area contributed by atoms with Crippen LogP contribution in [0.2, 0.25) is 0 Å². The van der Waals surface area contributed by atoms with Crippen LogP contribution in [0.25, 0.3) is 0 Å². The van der Waals surface area contributed by atoms with Crippen molar-refractivity contribution in [2.45, 2.75) is 38.2 Å². The fourth-order valence-electron chi connectivity index (χ4n) is 2.35. The molecule has 2 fully saturated rings. The lowest BCUT2D eigenvalue weighted by atomic mass is 9.80. The molecule has 1 heterocycles. The Morgan fingerprint density at radius 3 is 2.50 bits per heavy atom. The van der Waals surface area contributed by atoms with Gasteiger partial charge in [0.15, 0.2) is 0 Å². The van der Waals surface area contributed by atoms with Crippen LogP contribution in [-0.4, -0.2) is 23.8 Å². The van der Waals surface area contributed by atoms with Crippen LogP contribution in [0.4, 0.5) is 0 Å². The van der Waals surface area contributed by atoms with Crippen LogP contribution in [0, 0.1) is 11.8 Å². The van der Waals surface area contributed by atoms with Gasteiger partial charge in [-0.2, -0.15) is 0 Å². The van der Waals surface area contributed by atoms with Crippen LogP contribution in [0.15, 0.2) is 0 Å². The van der Waals surface area contributed by atoms with E-state index in [0.29, 0.717) is 11.8 Å². The molecule has 2 nitrogen and oxygen atoms in total. The molecule has 0 aromatic carbocycles. The third-order valence-electron chi connectivity index (χ3n) is 3.53. The van der Waals surface area contributed by atoms with Crippen LogP contribution in [0.3, 0.4) is 0 Å². The smallest absolute Gasteiger partial charge is 0.0687 e. The minimum absolute atomic E-state index is 0.382. The van der Waals surface area contributed by atoms with Crippen molar-refractivity contribution in [3.05, 3.63) is 0 Å². The Hall–Kier alpha value is -0.0800. The molecule has 1 saturated carbocycles. The summed E-state index contributed by atoms with van der Waals surface area (Å²) in [6.45, 7) is 4.18. The second-order valence-corrected chi connectivity index (χ2v) is 4.54. The lowest BCUT2D eigenvalue weighted by Gasteiger charge is -2.36. The Morgan fingerprint density at radius 1 is 1.25 bits per heavy atom. The van der Waals surface area contributed by atoms with Crippen molar-refractivity contribution in [3.63, 3.8) is 0 Å². The third-order valence-corrected chi connectivity index (χ3v) is 3.53. The summed E-state index contributed by atoms with van der Waals surface area (Å²) in [5, 5.41) is 13.6. The van der Waals surface area contributed by atoms with Gasteiger partial charge < -0.3 is 10.4 Å². The third kappa shape index (κ3) is 1.50. The number of piperidine rings is 1. The van der Waals surface area contributed by atoms with E-state index in [1.165, 1.54) is 25.7 Å². The van der Waals surface area contributed by atoms with E-state index in [2.05, 4.69) is 5.32 Å². The van der Waals surface area contributed by atoms with Crippen molar-refractivity contribution in [3.8, 4) is 0 Å². The van der Waals surface area contributed by atoms with Gasteiger partial charge in [0.25, 0.3) is 0 Å². The highest BCUT2D eigenvalue weighted by atomic mass is 16.3. The van der Waals surface area contributed by atoms with E-state index in [9.17, 15) is 5.11 Å². The van der Waals surface area contributed by atoms with Crippen molar-refractivity contribution in [1.29, 1.82) is 0 Å². The lowest BCUT2D eigenvalue weighted by molar-refractivity contribution is -0.0303. The summed E-state index contributed by atoms with van der Waals surface area (Å²) in [4.78, 5) is 0. The Kier molecular flexibility index (Phi) is 2.13. The Bertz CT molecular complexity index is 157. The van der Waals surface area contributed by atoms with E-state index >= 15 is 0 Å². The summed E-state index contributed by atoms with van der Waals surface area (Å²) in [5.41, 5.74) is -0.382. The van der Waals surface area contributed by atoms with Crippen molar-refractivity contribution < 1.29 is 5.11 Å². The molecule has 2 rings (SSSR count). The molecule has 2 atom stereocenters. The predicted octanol–water partition coefficient (Wildman–Crippen LogP) is 1.15. The standard InChI is InChI=1S/C10H19NO/c1-10(12,8-4-5-8)9-3-2-6-11-7-9/h8-9,11-12H,2-7H2,1H3/t9-,10-/m0/s1. The van der Waals surface area contributed by atoms with E-state index in [1.54, 1.807) is 0 Å². The summed E-state index contributed by atoms with van der Waals surface area (Å²) in [7, 11) is 0. The van der Waals surface area contributed by atoms with Gasteiger partial charge in [0, 0.05) is 12.5 Å². The van der Waals surface area contributed by atoms with Gasteiger partial charge >= 0.3 is 0 Å². The first-order chi connectivity index (χ1) is 5.71. The molecule has 1 aliphatic heterocycles. The number of hydrogen-bond donors (Lipinski definition) is 2. The topological polar surface area (TPSA) is 32.3 Å². The maximum atomic E-state index is 10.2. The molecule has 1 aliphatic carbocycles. The molecule has 2 aliphatic rings. The molecule has 70 valence electrons. The number of rotatable bonds is 2. The Balaban J connectivity index is 1.95. The fourth-order valence-corrected chi connectivity index (χ4v) is 2.35. The van der Waals surface area contributed by atoms with Gasteiger partial charge in [-0.15, -0.1) is 0 Å². The summed E-state index contributed by atoms with van der Waals surface area (Å²) in [5.74, 6) is 1.10. The van der Waals surface area contributed by atoms with E-state index in [1.807, 2.05) is 6.92 Å². The maximum absolute atomic E-state index is 10.2. The molecule has 12 heavy (non-hydrogen) atoms. The largest absolute Gasteiger partial charge is 0.390 e. The second kappa shape index (κ2) is 3.00. The maximum Gasteiger partial charge on any atom is 0.0687 e. The molecule has 0 bridgehead atoms. The van der Waals surface area contributed by atoms with Gasteiger partial charge in [-0.3, -0.25) is 0 Å². The van der Waals surface area contributed by atoms with Gasteiger partial charge in [-0.05, 0) is 45.1 Å². The average Bonchev–Trinajstić information content (AvgIpc) is 2.88. The van der Waals surface area contributed by atoms with Crippen LogP contribution in [-0.2, 0) is 0 Å². The molecule has 0 aromatic rings. The highest BCUT2D eigenvalue weighted by Crippen LogP contribution is 2.44. The summed E-state index contributed by atoms with van der Waals surface area (Å²) in [6, 6.07) is 0. The number of aliphatic hydroxyl groups is 1. The molecular weight excluding hydrogens is 150 g/mol. The summed E-state index contributed by atoms with van der Waals surface area (Å²) in [6.07, 6.45) is 4.91. The van der Waals surface area contributed by atoms with Gasteiger partial charge in [0.1, 0.15) is 0 Å². The van der Waals surface area contributed by atoms with Crippen molar-refractivity contribution in [2.75, 3.05) is 13.1 Å². The zero-order valence-corrected chi connectivity index (χ0v) is 7.84. The predicted molar refractivity (Wildman–Crippen MR) is 48.9 cm³/mol.